The van der Waals surface area contributed by atoms with Crippen LogP contribution in [0, 0.1) is 0 Å². The Kier molecular flexibility index (Phi) is 6.03. The van der Waals surface area contributed by atoms with Crippen LogP contribution < -0.4 is 5.73 Å². The Hall–Kier alpha value is -1.62. The van der Waals surface area contributed by atoms with Crippen molar-refractivity contribution in [3.05, 3.63) is 24.0 Å². The van der Waals surface area contributed by atoms with Crippen molar-refractivity contribution >= 4 is 11.7 Å². The summed E-state index contributed by atoms with van der Waals surface area (Å²) in [5, 5.41) is 0. The highest BCUT2D eigenvalue weighted by Crippen LogP contribution is 2.02. The van der Waals surface area contributed by atoms with Gasteiger partial charge in [0.2, 0.25) is 0 Å². The Labute approximate surface area is 101 Å². The molecule has 0 bridgehead atoms. The van der Waals surface area contributed by atoms with Gasteiger partial charge in [-0.3, -0.25) is 9.78 Å². The van der Waals surface area contributed by atoms with E-state index in [-0.39, 0.29) is 19.0 Å². The predicted octanol–water partition coefficient (Wildman–Crippen LogP) is 1.18. The van der Waals surface area contributed by atoms with Crippen LogP contribution in [0.5, 0.6) is 0 Å². The quantitative estimate of drug-likeness (QED) is 0.570. The van der Waals surface area contributed by atoms with Gasteiger partial charge >= 0.3 is 5.97 Å². The van der Waals surface area contributed by atoms with Crippen molar-refractivity contribution in [3.63, 3.8) is 0 Å². The number of nitrogens with zero attached hydrogens (tertiary/aromatic N) is 1. The molecule has 0 unspecified atom stereocenters. The number of nitrogen functional groups attached to an aromatic ring is 1. The molecule has 1 rings (SSSR count). The normalized spacial score (nSPS) is 10.2. The van der Waals surface area contributed by atoms with Crippen LogP contribution in [0.1, 0.15) is 19.0 Å². The van der Waals surface area contributed by atoms with Crippen LogP contribution in [0.4, 0.5) is 5.69 Å². The van der Waals surface area contributed by atoms with Crippen molar-refractivity contribution in [2.75, 3.05) is 25.6 Å². The van der Waals surface area contributed by atoms with E-state index in [1.54, 1.807) is 12.1 Å². The first-order valence-corrected chi connectivity index (χ1v) is 5.66. The van der Waals surface area contributed by atoms with Crippen LogP contribution in [0.25, 0.3) is 0 Å². The summed E-state index contributed by atoms with van der Waals surface area (Å²) in [5.41, 5.74) is 6.72. The van der Waals surface area contributed by atoms with E-state index in [1.807, 2.05) is 6.92 Å². The Bertz CT molecular complexity index is 338. The van der Waals surface area contributed by atoms with E-state index in [9.17, 15) is 4.79 Å². The molecule has 2 N–H and O–H groups in total. The van der Waals surface area contributed by atoms with Crippen molar-refractivity contribution in [3.8, 4) is 0 Å². The molecular formula is C12H18N2O3. The average molecular weight is 238 g/mol. The van der Waals surface area contributed by atoms with Crippen molar-refractivity contribution in [2.45, 2.75) is 19.8 Å². The first-order chi connectivity index (χ1) is 8.22. The number of anilines is 1. The van der Waals surface area contributed by atoms with Gasteiger partial charge in [-0.1, -0.05) is 6.92 Å². The molecule has 0 radical (unpaired) electrons. The number of hydrogen-bond donors (Lipinski definition) is 1. The topological polar surface area (TPSA) is 74.4 Å². The molecule has 1 aromatic rings. The van der Waals surface area contributed by atoms with Crippen molar-refractivity contribution < 1.29 is 14.3 Å². The van der Waals surface area contributed by atoms with Gasteiger partial charge in [-0.05, 0) is 18.6 Å². The van der Waals surface area contributed by atoms with Gasteiger partial charge in [-0.2, -0.15) is 0 Å². The molecule has 0 aliphatic rings. The van der Waals surface area contributed by atoms with Crippen molar-refractivity contribution in [1.29, 1.82) is 0 Å². The molecule has 1 aromatic heterocycles. The van der Waals surface area contributed by atoms with Gasteiger partial charge in [-0.15, -0.1) is 0 Å². The lowest BCUT2D eigenvalue weighted by Gasteiger charge is -2.05. The summed E-state index contributed by atoms with van der Waals surface area (Å²) in [6, 6.07) is 3.42. The van der Waals surface area contributed by atoms with E-state index in [2.05, 4.69) is 4.98 Å². The molecule has 17 heavy (non-hydrogen) atoms. The molecule has 0 spiro atoms. The molecule has 1 heterocycles. The van der Waals surface area contributed by atoms with Crippen LogP contribution in [0.3, 0.4) is 0 Å². The molecular weight excluding hydrogens is 220 g/mol. The molecule has 94 valence electrons. The van der Waals surface area contributed by atoms with Crippen LogP contribution >= 0.6 is 0 Å². The van der Waals surface area contributed by atoms with Crippen molar-refractivity contribution in [2.24, 2.45) is 0 Å². The zero-order valence-electron chi connectivity index (χ0n) is 10.0. The summed E-state index contributed by atoms with van der Waals surface area (Å²) in [7, 11) is 0. The summed E-state index contributed by atoms with van der Waals surface area (Å²) in [5.74, 6) is -0.303. The third kappa shape index (κ3) is 5.87. The molecule has 0 atom stereocenters. The van der Waals surface area contributed by atoms with Gasteiger partial charge in [0, 0.05) is 6.61 Å². The smallest absolute Gasteiger partial charge is 0.311 e. The molecule has 5 nitrogen and oxygen atoms in total. The number of carbonyl (C=O) groups excluding carboxylic acids is 1. The molecule has 0 aromatic carbocycles. The fourth-order valence-electron chi connectivity index (χ4n) is 1.20. The summed E-state index contributed by atoms with van der Waals surface area (Å²) < 4.78 is 10.2. The maximum atomic E-state index is 11.4. The van der Waals surface area contributed by atoms with E-state index in [1.165, 1.54) is 6.20 Å². The Morgan fingerprint density at radius 2 is 2.18 bits per heavy atom. The lowest BCUT2D eigenvalue weighted by atomic mass is 10.2. The number of ether oxygens (including phenoxy) is 2. The number of aromatic nitrogens is 1. The highest BCUT2D eigenvalue weighted by Gasteiger charge is 2.05. The maximum Gasteiger partial charge on any atom is 0.311 e. The molecule has 0 saturated carbocycles. The first kappa shape index (κ1) is 13.4. The largest absolute Gasteiger partial charge is 0.463 e. The van der Waals surface area contributed by atoms with Gasteiger partial charge in [0.25, 0.3) is 0 Å². The molecule has 0 aliphatic carbocycles. The fourth-order valence-corrected chi connectivity index (χ4v) is 1.20. The summed E-state index contributed by atoms with van der Waals surface area (Å²) in [4.78, 5) is 15.4. The number of pyridine rings is 1. The summed E-state index contributed by atoms with van der Waals surface area (Å²) in [6.45, 7) is 3.44. The SMILES string of the molecule is CCCOCCOC(=O)Cc1ccc(N)cn1. The monoisotopic (exact) mass is 238 g/mol. The van der Waals surface area contributed by atoms with Gasteiger partial charge in [0.05, 0.1) is 30.6 Å². The molecule has 0 aliphatic heterocycles. The van der Waals surface area contributed by atoms with Crippen LogP contribution in [0.15, 0.2) is 18.3 Å². The third-order valence-corrected chi connectivity index (χ3v) is 2.01. The van der Waals surface area contributed by atoms with Gasteiger partial charge in [0.15, 0.2) is 0 Å². The second kappa shape index (κ2) is 7.62. The van der Waals surface area contributed by atoms with Crippen LogP contribution in [-0.4, -0.2) is 30.8 Å². The van der Waals surface area contributed by atoms with E-state index in [4.69, 9.17) is 15.2 Å². The van der Waals surface area contributed by atoms with Crippen molar-refractivity contribution in [1.82, 2.24) is 4.98 Å². The number of rotatable bonds is 7. The molecule has 0 fully saturated rings. The minimum absolute atomic E-state index is 0.161. The molecule has 0 amide bonds. The highest BCUT2D eigenvalue weighted by molar-refractivity contribution is 5.72. The Morgan fingerprint density at radius 1 is 1.35 bits per heavy atom. The number of carbonyl (C=O) groups is 1. The summed E-state index contributed by atoms with van der Waals surface area (Å²) >= 11 is 0. The third-order valence-electron chi connectivity index (χ3n) is 2.01. The maximum absolute atomic E-state index is 11.4. The van der Waals surface area contributed by atoms with E-state index >= 15 is 0 Å². The minimum atomic E-state index is -0.303. The summed E-state index contributed by atoms with van der Waals surface area (Å²) in [6.07, 6.45) is 2.64. The molecule has 5 heteroatoms. The number of esters is 1. The average Bonchev–Trinajstić information content (AvgIpc) is 2.32. The fraction of sp³-hybridized carbons (Fsp3) is 0.500. The Balaban J connectivity index is 2.18. The van der Waals surface area contributed by atoms with E-state index < -0.39 is 0 Å². The number of hydrogen-bond acceptors (Lipinski definition) is 5. The second-order valence-electron chi connectivity index (χ2n) is 3.59. The molecule has 0 saturated heterocycles. The van der Waals surface area contributed by atoms with Gasteiger partial charge < -0.3 is 15.2 Å². The minimum Gasteiger partial charge on any atom is -0.463 e. The lowest BCUT2D eigenvalue weighted by molar-refractivity contribution is -0.144. The predicted molar refractivity (Wildman–Crippen MR) is 64.4 cm³/mol. The van der Waals surface area contributed by atoms with Crippen LogP contribution in [0.2, 0.25) is 0 Å². The van der Waals surface area contributed by atoms with Crippen LogP contribution in [-0.2, 0) is 20.7 Å². The van der Waals surface area contributed by atoms with Gasteiger partial charge in [-0.25, -0.2) is 0 Å². The standard InChI is InChI=1S/C12H18N2O3/c1-2-5-16-6-7-17-12(15)8-11-4-3-10(13)9-14-11/h3-4,9H,2,5-8,13H2,1H3. The second-order valence-corrected chi connectivity index (χ2v) is 3.59. The highest BCUT2D eigenvalue weighted by atomic mass is 16.6. The van der Waals surface area contributed by atoms with E-state index in [0.717, 1.165) is 6.42 Å². The zero-order chi connectivity index (χ0) is 12.5. The first-order valence-electron chi connectivity index (χ1n) is 5.66. The van der Waals surface area contributed by atoms with Gasteiger partial charge in [0.1, 0.15) is 6.61 Å². The Morgan fingerprint density at radius 3 is 2.82 bits per heavy atom. The van der Waals surface area contributed by atoms with E-state index in [0.29, 0.717) is 24.6 Å². The number of nitrogens with two attached hydrogens (primary N) is 1. The lowest BCUT2D eigenvalue weighted by Crippen LogP contribution is -2.13. The zero-order valence-corrected chi connectivity index (χ0v) is 10.0.